The molecule has 2 heterocycles. The van der Waals surface area contributed by atoms with Crippen LogP contribution in [0.25, 0.3) is 0 Å². The number of aromatic nitrogens is 1. The summed E-state index contributed by atoms with van der Waals surface area (Å²) in [6.07, 6.45) is 1.46. The molecule has 9 heteroatoms. The minimum absolute atomic E-state index is 0.0251. The van der Waals surface area contributed by atoms with E-state index in [2.05, 4.69) is 30.4 Å². The van der Waals surface area contributed by atoms with Crippen molar-refractivity contribution in [3.63, 3.8) is 0 Å². The molecule has 0 unspecified atom stereocenters. The Kier molecular flexibility index (Phi) is 4.41. The number of carbonyl (C=O) groups excluding carboxylic acids is 1. The second kappa shape index (κ2) is 5.90. The normalized spacial score (nSPS) is 11.1. The topological polar surface area (TPSA) is 85.4 Å². The summed E-state index contributed by atoms with van der Waals surface area (Å²) in [5.74, 6) is -0.528. The Labute approximate surface area is 128 Å². The van der Waals surface area contributed by atoms with Crippen LogP contribution in [-0.2, 0) is 14.8 Å². The van der Waals surface area contributed by atoms with Crippen LogP contribution in [0.4, 0.5) is 5.82 Å². The molecule has 0 aromatic carbocycles. The Hall–Kier alpha value is -1.45. The Morgan fingerprint density at radius 2 is 2.15 bits per heavy atom. The van der Waals surface area contributed by atoms with Gasteiger partial charge in [-0.3, -0.25) is 4.72 Å². The fourth-order valence-corrected chi connectivity index (χ4v) is 3.96. The van der Waals surface area contributed by atoms with Crippen LogP contribution in [0.2, 0.25) is 0 Å². The third kappa shape index (κ3) is 3.17. The molecule has 0 aliphatic rings. The molecule has 0 aliphatic heterocycles. The highest BCUT2D eigenvalue weighted by atomic mass is 79.9. The standard InChI is InChI=1S/C11H9BrN2O4S2/c1-18-11(15)10-8(4-5-19-10)20(16,17)14-9-3-2-7(12)6-13-9/h2-6H,1H3,(H,13,14). The number of rotatable bonds is 4. The van der Waals surface area contributed by atoms with Crippen LogP contribution in [0.1, 0.15) is 9.67 Å². The molecule has 0 bridgehead atoms. The highest BCUT2D eigenvalue weighted by Crippen LogP contribution is 2.24. The quantitative estimate of drug-likeness (QED) is 0.828. The minimum Gasteiger partial charge on any atom is -0.465 e. The summed E-state index contributed by atoms with van der Waals surface area (Å²) in [5, 5.41) is 1.51. The van der Waals surface area contributed by atoms with Gasteiger partial charge >= 0.3 is 5.97 Å². The number of pyridine rings is 1. The fraction of sp³-hybridized carbons (Fsp3) is 0.0909. The molecule has 0 atom stereocenters. The van der Waals surface area contributed by atoms with Gasteiger partial charge in [0.15, 0.2) is 0 Å². The molecule has 20 heavy (non-hydrogen) atoms. The van der Waals surface area contributed by atoms with E-state index >= 15 is 0 Å². The van der Waals surface area contributed by atoms with Crippen LogP contribution in [0.15, 0.2) is 39.1 Å². The number of carbonyl (C=O) groups is 1. The number of esters is 1. The van der Waals surface area contributed by atoms with E-state index in [0.29, 0.717) is 0 Å². The van der Waals surface area contributed by atoms with Crippen molar-refractivity contribution in [1.82, 2.24) is 4.98 Å². The van der Waals surface area contributed by atoms with Gasteiger partial charge < -0.3 is 4.74 Å². The second-order valence-electron chi connectivity index (χ2n) is 3.57. The molecule has 0 saturated carbocycles. The molecule has 2 aromatic heterocycles. The number of ether oxygens (including phenoxy) is 1. The van der Waals surface area contributed by atoms with E-state index in [1.165, 1.54) is 30.8 Å². The fourth-order valence-electron chi connectivity index (χ4n) is 1.38. The molecule has 0 aliphatic carbocycles. The maximum atomic E-state index is 12.2. The van der Waals surface area contributed by atoms with Gasteiger partial charge in [0, 0.05) is 10.7 Å². The first-order chi connectivity index (χ1) is 9.44. The molecule has 106 valence electrons. The molecule has 2 aromatic rings. The molecule has 1 N–H and O–H groups in total. The molecule has 0 spiro atoms. The van der Waals surface area contributed by atoms with Gasteiger partial charge in [-0.05, 0) is 39.5 Å². The molecule has 2 rings (SSSR count). The first-order valence-electron chi connectivity index (χ1n) is 5.24. The zero-order valence-electron chi connectivity index (χ0n) is 10.2. The highest BCUT2D eigenvalue weighted by molar-refractivity contribution is 9.10. The number of hydrogen-bond acceptors (Lipinski definition) is 6. The van der Waals surface area contributed by atoms with Crippen molar-refractivity contribution in [2.75, 3.05) is 11.8 Å². The Bertz CT molecular complexity index is 725. The predicted octanol–water partition coefficient (Wildman–Crippen LogP) is 2.49. The van der Waals surface area contributed by atoms with Crippen LogP contribution in [0.5, 0.6) is 0 Å². The summed E-state index contributed by atoms with van der Waals surface area (Å²) in [6.45, 7) is 0. The van der Waals surface area contributed by atoms with E-state index in [1.807, 2.05) is 0 Å². The van der Waals surface area contributed by atoms with E-state index in [-0.39, 0.29) is 15.6 Å². The van der Waals surface area contributed by atoms with E-state index in [4.69, 9.17) is 0 Å². The van der Waals surface area contributed by atoms with Gasteiger partial charge in [-0.15, -0.1) is 11.3 Å². The van der Waals surface area contributed by atoms with Crippen molar-refractivity contribution in [2.45, 2.75) is 4.90 Å². The lowest BCUT2D eigenvalue weighted by Crippen LogP contribution is -2.16. The summed E-state index contributed by atoms with van der Waals surface area (Å²) in [7, 11) is -2.69. The first kappa shape index (κ1) is 14.9. The molecule has 0 radical (unpaired) electrons. The van der Waals surface area contributed by atoms with Crippen LogP contribution < -0.4 is 4.72 Å². The average molecular weight is 377 g/mol. The SMILES string of the molecule is COC(=O)c1sccc1S(=O)(=O)Nc1ccc(Br)cn1. The summed E-state index contributed by atoms with van der Waals surface area (Å²) in [6, 6.07) is 4.50. The van der Waals surface area contributed by atoms with Crippen molar-refractivity contribution in [2.24, 2.45) is 0 Å². The lowest BCUT2D eigenvalue weighted by molar-refractivity contribution is 0.0602. The molecular weight excluding hydrogens is 368 g/mol. The minimum atomic E-state index is -3.89. The smallest absolute Gasteiger partial charge is 0.349 e. The Balaban J connectivity index is 2.34. The van der Waals surface area contributed by atoms with Gasteiger partial charge in [0.2, 0.25) is 0 Å². The van der Waals surface area contributed by atoms with Crippen molar-refractivity contribution < 1.29 is 17.9 Å². The van der Waals surface area contributed by atoms with Gasteiger partial charge in [-0.25, -0.2) is 18.2 Å². The lowest BCUT2D eigenvalue weighted by Gasteiger charge is -2.07. The van der Waals surface area contributed by atoms with Gasteiger partial charge in [0.05, 0.1) is 7.11 Å². The molecule has 6 nitrogen and oxygen atoms in total. The summed E-state index contributed by atoms with van der Waals surface area (Å²) >= 11 is 4.21. The highest BCUT2D eigenvalue weighted by Gasteiger charge is 2.24. The molecule has 0 amide bonds. The van der Waals surface area contributed by atoms with E-state index in [1.54, 1.807) is 6.07 Å². The Morgan fingerprint density at radius 1 is 1.40 bits per heavy atom. The number of nitrogens with one attached hydrogen (secondary N) is 1. The van der Waals surface area contributed by atoms with E-state index in [0.717, 1.165) is 15.8 Å². The van der Waals surface area contributed by atoms with Crippen molar-refractivity contribution in [3.8, 4) is 0 Å². The number of nitrogens with zero attached hydrogens (tertiary/aromatic N) is 1. The number of sulfonamides is 1. The predicted molar refractivity (Wildman–Crippen MR) is 78.4 cm³/mol. The third-order valence-electron chi connectivity index (χ3n) is 2.26. The number of methoxy groups -OCH3 is 1. The van der Waals surface area contributed by atoms with Crippen molar-refractivity contribution >= 4 is 49.1 Å². The van der Waals surface area contributed by atoms with Crippen molar-refractivity contribution in [1.29, 1.82) is 0 Å². The maximum Gasteiger partial charge on any atom is 0.349 e. The van der Waals surface area contributed by atoms with Gasteiger partial charge in [-0.1, -0.05) is 0 Å². The molecular formula is C11H9BrN2O4S2. The monoisotopic (exact) mass is 376 g/mol. The number of halogens is 1. The molecule has 0 fully saturated rings. The van der Waals surface area contributed by atoms with E-state index in [9.17, 15) is 13.2 Å². The maximum absolute atomic E-state index is 12.2. The lowest BCUT2D eigenvalue weighted by atomic mass is 10.5. The van der Waals surface area contributed by atoms with Crippen LogP contribution in [0.3, 0.4) is 0 Å². The zero-order valence-corrected chi connectivity index (χ0v) is 13.4. The first-order valence-corrected chi connectivity index (χ1v) is 8.40. The second-order valence-corrected chi connectivity index (χ2v) is 7.06. The summed E-state index contributed by atoms with van der Waals surface area (Å²) in [5.41, 5.74) is 0. The van der Waals surface area contributed by atoms with Gasteiger partial charge in [0.1, 0.15) is 15.6 Å². The van der Waals surface area contributed by atoms with Gasteiger partial charge in [0.25, 0.3) is 10.0 Å². The average Bonchev–Trinajstić information content (AvgIpc) is 2.90. The summed E-state index contributed by atoms with van der Waals surface area (Å²) in [4.78, 5) is 15.3. The van der Waals surface area contributed by atoms with Crippen LogP contribution >= 0.6 is 27.3 Å². The largest absolute Gasteiger partial charge is 0.465 e. The molecule has 0 saturated heterocycles. The van der Waals surface area contributed by atoms with Crippen molar-refractivity contribution in [3.05, 3.63) is 39.1 Å². The number of hydrogen-bond donors (Lipinski definition) is 1. The number of anilines is 1. The third-order valence-corrected chi connectivity index (χ3v) is 5.15. The van der Waals surface area contributed by atoms with Gasteiger partial charge in [-0.2, -0.15) is 0 Å². The summed E-state index contributed by atoms with van der Waals surface area (Å²) < 4.78 is 32.0. The Morgan fingerprint density at radius 3 is 2.75 bits per heavy atom. The zero-order chi connectivity index (χ0) is 14.8. The van der Waals surface area contributed by atoms with Crippen LogP contribution in [-0.4, -0.2) is 26.5 Å². The van der Waals surface area contributed by atoms with Crippen LogP contribution in [0, 0.1) is 0 Å². The number of thiophene rings is 1. The van der Waals surface area contributed by atoms with E-state index < -0.39 is 16.0 Å².